The first-order chi connectivity index (χ1) is 12.1. The molecule has 2 aromatic rings. The van der Waals surface area contributed by atoms with Gasteiger partial charge in [0.2, 0.25) is 0 Å². The van der Waals surface area contributed by atoms with Gasteiger partial charge in [0, 0.05) is 18.5 Å². The van der Waals surface area contributed by atoms with Crippen molar-refractivity contribution in [2.45, 2.75) is 39.2 Å². The monoisotopic (exact) mass is 360 g/mol. The Morgan fingerprint density at radius 3 is 3.04 bits per heavy atom. The second kappa shape index (κ2) is 6.53. The Hall–Kier alpha value is -1.73. The van der Waals surface area contributed by atoms with E-state index in [1.54, 1.807) is 7.05 Å². The Labute approximate surface area is 151 Å². The number of likely N-dealkylation sites (N-methyl/N-ethyl adjacent to an activating group) is 1. The first-order valence-electron chi connectivity index (χ1n) is 8.94. The van der Waals surface area contributed by atoms with E-state index < -0.39 is 6.10 Å². The van der Waals surface area contributed by atoms with Crippen molar-refractivity contribution >= 4 is 33.3 Å². The van der Waals surface area contributed by atoms with Gasteiger partial charge in [-0.05, 0) is 37.7 Å². The fourth-order valence-electron chi connectivity index (χ4n) is 3.82. The molecule has 0 spiro atoms. The predicted octanol–water partition coefficient (Wildman–Crippen LogP) is 2.08. The van der Waals surface area contributed by atoms with E-state index in [0.29, 0.717) is 13.2 Å². The van der Waals surface area contributed by atoms with Crippen LogP contribution in [0.5, 0.6) is 0 Å². The largest absolute Gasteiger partial charge is 0.365 e. The molecule has 2 aromatic heterocycles. The summed E-state index contributed by atoms with van der Waals surface area (Å²) in [6.45, 7) is 6.08. The molecule has 0 saturated carbocycles. The van der Waals surface area contributed by atoms with E-state index in [1.165, 1.54) is 22.2 Å². The number of fused-ring (bicyclic) bond motifs is 3. The molecule has 25 heavy (non-hydrogen) atoms. The summed E-state index contributed by atoms with van der Waals surface area (Å²) in [6, 6.07) is 0. The Kier molecular flexibility index (Phi) is 4.37. The van der Waals surface area contributed by atoms with Crippen LogP contribution in [-0.2, 0) is 22.4 Å². The second-order valence-corrected chi connectivity index (χ2v) is 8.13. The molecule has 2 aliphatic rings. The lowest BCUT2D eigenvalue weighted by Gasteiger charge is -2.33. The third-order valence-corrected chi connectivity index (χ3v) is 6.30. The van der Waals surface area contributed by atoms with Crippen LogP contribution in [0.2, 0.25) is 0 Å². The number of nitrogens with zero attached hydrogens (tertiary/aromatic N) is 3. The number of aromatic nitrogens is 2. The molecular weight excluding hydrogens is 336 g/mol. The maximum absolute atomic E-state index is 12.0. The van der Waals surface area contributed by atoms with Gasteiger partial charge in [0.25, 0.3) is 5.91 Å². The molecule has 6 nitrogen and oxygen atoms in total. The van der Waals surface area contributed by atoms with Gasteiger partial charge in [-0.1, -0.05) is 6.92 Å². The van der Waals surface area contributed by atoms with Gasteiger partial charge >= 0.3 is 0 Å². The lowest BCUT2D eigenvalue weighted by molar-refractivity contribution is -0.132. The van der Waals surface area contributed by atoms with Crippen molar-refractivity contribution in [2.75, 3.05) is 31.6 Å². The molecular formula is C18H24N4O2S. The van der Waals surface area contributed by atoms with Crippen LogP contribution in [0.4, 0.5) is 5.82 Å². The van der Waals surface area contributed by atoms with Crippen molar-refractivity contribution < 1.29 is 9.53 Å². The first kappa shape index (κ1) is 16.7. The zero-order valence-electron chi connectivity index (χ0n) is 15.0. The number of amides is 1. The van der Waals surface area contributed by atoms with Gasteiger partial charge in [-0.2, -0.15) is 0 Å². The third kappa shape index (κ3) is 3.00. The summed E-state index contributed by atoms with van der Waals surface area (Å²) in [7, 11) is 1.65. The second-order valence-electron chi connectivity index (χ2n) is 7.05. The lowest BCUT2D eigenvalue weighted by Crippen LogP contribution is -2.49. The highest BCUT2D eigenvalue weighted by atomic mass is 32.1. The van der Waals surface area contributed by atoms with Crippen molar-refractivity contribution in [2.24, 2.45) is 5.92 Å². The van der Waals surface area contributed by atoms with Crippen molar-refractivity contribution in [1.29, 1.82) is 0 Å². The normalized spacial score (nSPS) is 23.6. The predicted molar refractivity (Wildman–Crippen MR) is 99.4 cm³/mol. The van der Waals surface area contributed by atoms with E-state index >= 15 is 0 Å². The fraction of sp³-hybridized carbons (Fsp3) is 0.611. The number of thiophene rings is 1. The van der Waals surface area contributed by atoms with Gasteiger partial charge in [0.1, 0.15) is 16.5 Å². The molecule has 1 N–H and O–H groups in total. The van der Waals surface area contributed by atoms with E-state index in [9.17, 15) is 4.79 Å². The maximum atomic E-state index is 12.0. The molecule has 4 rings (SSSR count). The van der Waals surface area contributed by atoms with Gasteiger partial charge in [0.15, 0.2) is 6.10 Å². The Morgan fingerprint density at radius 1 is 1.40 bits per heavy atom. The summed E-state index contributed by atoms with van der Waals surface area (Å²) < 4.78 is 5.64. The van der Waals surface area contributed by atoms with Crippen LogP contribution in [0.25, 0.3) is 10.2 Å². The summed E-state index contributed by atoms with van der Waals surface area (Å²) in [5, 5.41) is 3.89. The van der Waals surface area contributed by atoms with Crippen LogP contribution in [0.15, 0.2) is 0 Å². The number of carbonyl (C=O) groups excluding carboxylic acids is 1. The van der Waals surface area contributed by atoms with Crippen molar-refractivity contribution in [3.63, 3.8) is 0 Å². The summed E-state index contributed by atoms with van der Waals surface area (Å²) >= 11 is 1.82. The summed E-state index contributed by atoms with van der Waals surface area (Å²) in [6.07, 6.45) is 3.01. The number of morpholine rings is 1. The van der Waals surface area contributed by atoms with Gasteiger partial charge in [-0.15, -0.1) is 11.3 Å². The minimum atomic E-state index is -0.446. The Bertz CT molecular complexity index is 819. The van der Waals surface area contributed by atoms with Crippen LogP contribution in [-0.4, -0.2) is 48.7 Å². The molecule has 0 radical (unpaired) electrons. The lowest BCUT2D eigenvalue weighted by atomic mass is 9.89. The molecule has 1 fully saturated rings. The highest BCUT2D eigenvalue weighted by molar-refractivity contribution is 7.19. The van der Waals surface area contributed by atoms with Crippen LogP contribution in [0.3, 0.4) is 0 Å². The third-order valence-electron chi connectivity index (χ3n) is 5.15. The van der Waals surface area contributed by atoms with Gasteiger partial charge in [-0.3, -0.25) is 4.79 Å². The number of carbonyl (C=O) groups is 1. The average molecular weight is 360 g/mol. The molecule has 1 saturated heterocycles. The minimum absolute atomic E-state index is 0.0760. The molecule has 3 heterocycles. The van der Waals surface area contributed by atoms with Crippen LogP contribution in [0.1, 0.15) is 29.6 Å². The number of nitrogens with one attached hydrogen (secondary N) is 1. The Balaban J connectivity index is 1.77. The van der Waals surface area contributed by atoms with Crippen molar-refractivity contribution in [3.8, 4) is 0 Å². The maximum Gasteiger partial charge on any atom is 0.250 e. The van der Waals surface area contributed by atoms with Gasteiger partial charge in [0.05, 0.1) is 18.5 Å². The average Bonchev–Trinajstić information content (AvgIpc) is 2.97. The molecule has 7 heteroatoms. The molecule has 0 bridgehead atoms. The number of ether oxygens (including phenoxy) is 1. The number of aryl methyl sites for hydroxylation is 2. The SMILES string of the molecule is CNC(=O)C1CN(c2nc(C)nc3sc4c(c23)CCC(C)C4)CCO1. The van der Waals surface area contributed by atoms with Crippen LogP contribution < -0.4 is 10.2 Å². The number of hydrogen-bond donors (Lipinski definition) is 1. The first-order valence-corrected chi connectivity index (χ1v) is 9.75. The summed E-state index contributed by atoms with van der Waals surface area (Å²) in [5.74, 6) is 2.43. The van der Waals surface area contributed by atoms with E-state index in [-0.39, 0.29) is 5.91 Å². The quantitative estimate of drug-likeness (QED) is 0.888. The van der Waals surface area contributed by atoms with Gasteiger partial charge < -0.3 is 15.0 Å². The van der Waals surface area contributed by atoms with E-state index in [2.05, 4.69) is 17.1 Å². The standard InChI is InChI=1S/C18H24N4O2S/c1-10-4-5-12-14(8-10)25-18-15(12)16(20-11(2)21-18)22-6-7-24-13(9-22)17(23)19-3/h10,13H,4-9H2,1-3H3,(H,19,23). The highest BCUT2D eigenvalue weighted by Gasteiger charge is 2.30. The van der Waals surface area contributed by atoms with Crippen molar-refractivity contribution in [1.82, 2.24) is 15.3 Å². The molecule has 1 aliphatic carbocycles. The summed E-state index contributed by atoms with van der Waals surface area (Å²) in [4.78, 5) is 26.2. The molecule has 0 aromatic carbocycles. The van der Waals surface area contributed by atoms with Crippen molar-refractivity contribution in [3.05, 3.63) is 16.3 Å². The topological polar surface area (TPSA) is 67.4 Å². The van der Waals surface area contributed by atoms with Crippen LogP contribution in [0, 0.1) is 12.8 Å². The molecule has 134 valence electrons. The molecule has 2 unspecified atom stereocenters. The minimum Gasteiger partial charge on any atom is -0.365 e. The van der Waals surface area contributed by atoms with E-state index in [1.807, 2.05) is 18.3 Å². The summed E-state index contributed by atoms with van der Waals surface area (Å²) in [5.41, 5.74) is 1.43. The molecule has 1 aliphatic heterocycles. The van der Waals surface area contributed by atoms with Gasteiger partial charge in [-0.25, -0.2) is 9.97 Å². The Morgan fingerprint density at radius 2 is 2.24 bits per heavy atom. The number of rotatable bonds is 2. The molecule has 2 atom stereocenters. The number of anilines is 1. The zero-order valence-corrected chi connectivity index (χ0v) is 15.8. The molecule has 1 amide bonds. The zero-order chi connectivity index (χ0) is 17.6. The van der Waals surface area contributed by atoms with Crippen LogP contribution >= 0.6 is 11.3 Å². The highest BCUT2D eigenvalue weighted by Crippen LogP contribution is 2.41. The van der Waals surface area contributed by atoms with E-state index in [4.69, 9.17) is 14.7 Å². The van der Waals surface area contributed by atoms with E-state index in [0.717, 1.165) is 41.8 Å². The fourth-order valence-corrected chi connectivity index (χ4v) is 5.24. The smallest absolute Gasteiger partial charge is 0.250 e. The number of hydrogen-bond acceptors (Lipinski definition) is 6.